The van der Waals surface area contributed by atoms with Gasteiger partial charge in [0.25, 0.3) is 5.89 Å². The van der Waals surface area contributed by atoms with Crippen LogP contribution in [0.2, 0.25) is 0 Å². The molecule has 1 aromatic rings. The molecular weight excluding hydrogens is 218 g/mol. The monoisotopic (exact) mass is 237 g/mol. The second-order valence-corrected chi connectivity index (χ2v) is 4.89. The van der Waals surface area contributed by atoms with Gasteiger partial charge in [0.2, 0.25) is 0 Å². The summed E-state index contributed by atoms with van der Waals surface area (Å²) in [5.41, 5.74) is 0. The molecule has 1 aliphatic heterocycles. The highest BCUT2D eigenvalue weighted by Crippen LogP contribution is 2.31. The molecule has 1 aliphatic carbocycles. The number of hydrogen-bond donors (Lipinski definition) is 1. The van der Waals surface area contributed by atoms with Gasteiger partial charge in [0.05, 0.1) is 6.61 Å². The zero-order valence-electron chi connectivity index (χ0n) is 10.0. The van der Waals surface area contributed by atoms with Crippen molar-refractivity contribution in [3.63, 3.8) is 0 Å². The van der Waals surface area contributed by atoms with E-state index in [1.807, 2.05) is 0 Å². The molecule has 0 aromatic carbocycles. The average molecular weight is 237 g/mol. The van der Waals surface area contributed by atoms with Gasteiger partial charge in [-0.15, -0.1) is 0 Å². The van der Waals surface area contributed by atoms with Crippen LogP contribution in [-0.4, -0.2) is 29.8 Å². The molecule has 2 fully saturated rings. The van der Waals surface area contributed by atoms with Crippen LogP contribution in [0.5, 0.6) is 0 Å². The summed E-state index contributed by atoms with van der Waals surface area (Å²) >= 11 is 0. The van der Waals surface area contributed by atoms with E-state index in [2.05, 4.69) is 15.5 Å². The van der Waals surface area contributed by atoms with Gasteiger partial charge in [-0.2, -0.15) is 4.98 Å². The lowest BCUT2D eigenvalue weighted by atomic mass is 9.89. The fraction of sp³-hybridized carbons (Fsp3) is 0.833. The third-order valence-corrected chi connectivity index (χ3v) is 3.63. The minimum absolute atomic E-state index is 0.0615. The Bertz CT molecular complexity index is 322. The van der Waals surface area contributed by atoms with Crippen LogP contribution in [0.15, 0.2) is 4.52 Å². The summed E-state index contributed by atoms with van der Waals surface area (Å²) in [6, 6.07) is 0. The Morgan fingerprint density at radius 1 is 1.18 bits per heavy atom. The van der Waals surface area contributed by atoms with Gasteiger partial charge in [0, 0.05) is 19.0 Å². The Morgan fingerprint density at radius 2 is 2.06 bits per heavy atom. The fourth-order valence-corrected chi connectivity index (χ4v) is 2.63. The molecule has 2 aliphatic rings. The molecule has 1 saturated carbocycles. The van der Waals surface area contributed by atoms with E-state index in [0.717, 1.165) is 18.9 Å². The van der Waals surface area contributed by atoms with Gasteiger partial charge in [-0.1, -0.05) is 24.4 Å². The van der Waals surface area contributed by atoms with Gasteiger partial charge in [-0.25, -0.2) is 0 Å². The largest absolute Gasteiger partial charge is 0.366 e. The minimum atomic E-state index is -0.0615. The maximum Gasteiger partial charge on any atom is 0.257 e. The lowest BCUT2D eigenvalue weighted by Gasteiger charge is -2.20. The average Bonchev–Trinajstić information content (AvgIpc) is 2.90. The lowest BCUT2D eigenvalue weighted by Crippen LogP contribution is -2.33. The van der Waals surface area contributed by atoms with E-state index in [-0.39, 0.29) is 6.10 Å². The fourth-order valence-electron chi connectivity index (χ4n) is 2.63. The van der Waals surface area contributed by atoms with Crippen LogP contribution >= 0.6 is 0 Å². The summed E-state index contributed by atoms with van der Waals surface area (Å²) in [7, 11) is 0. The predicted molar refractivity (Wildman–Crippen MR) is 61.7 cm³/mol. The number of hydrogen-bond acceptors (Lipinski definition) is 5. The first kappa shape index (κ1) is 11.2. The van der Waals surface area contributed by atoms with Crippen LogP contribution in [0.1, 0.15) is 55.8 Å². The van der Waals surface area contributed by atoms with E-state index in [4.69, 9.17) is 9.26 Å². The Morgan fingerprint density at radius 3 is 2.82 bits per heavy atom. The topological polar surface area (TPSA) is 60.2 Å². The van der Waals surface area contributed by atoms with Crippen LogP contribution in [0.3, 0.4) is 0 Å². The second-order valence-electron chi connectivity index (χ2n) is 4.89. The van der Waals surface area contributed by atoms with E-state index in [1.54, 1.807) is 0 Å². The first-order chi connectivity index (χ1) is 8.43. The van der Waals surface area contributed by atoms with E-state index < -0.39 is 0 Å². The van der Waals surface area contributed by atoms with Gasteiger partial charge in [0.15, 0.2) is 5.82 Å². The van der Waals surface area contributed by atoms with Gasteiger partial charge in [-0.05, 0) is 12.8 Å². The van der Waals surface area contributed by atoms with Crippen LogP contribution in [-0.2, 0) is 4.74 Å². The van der Waals surface area contributed by atoms with Gasteiger partial charge in [-0.3, -0.25) is 0 Å². The molecule has 1 aromatic heterocycles. The van der Waals surface area contributed by atoms with Crippen molar-refractivity contribution in [3.05, 3.63) is 11.7 Å². The molecule has 17 heavy (non-hydrogen) atoms. The van der Waals surface area contributed by atoms with Crippen LogP contribution < -0.4 is 5.32 Å². The first-order valence-electron chi connectivity index (χ1n) is 6.59. The third kappa shape index (κ3) is 2.50. The number of ether oxygens (including phenoxy) is 1. The molecule has 1 saturated heterocycles. The Balaban J connectivity index is 1.68. The highest BCUT2D eigenvalue weighted by molar-refractivity contribution is 4.99. The SMILES string of the molecule is C1CCC(c2noc(C3CNCCO3)n2)CC1. The molecule has 0 amide bonds. The second kappa shape index (κ2) is 5.14. The zero-order chi connectivity index (χ0) is 11.5. The molecule has 1 atom stereocenters. The summed E-state index contributed by atoms with van der Waals surface area (Å²) in [5, 5.41) is 7.39. The highest BCUT2D eigenvalue weighted by Gasteiger charge is 2.25. The van der Waals surface area contributed by atoms with Crippen LogP contribution in [0, 0.1) is 0 Å². The maximum atomic E-state index is 5.61. The summed E-state index contributed by atoms with van der Waals surface area (Å²) in [4.78, 5) is 4.51. The number of morpholine rings is 1. The van der Waals surface area contributed by atoms with Gasteiger partial charge < -0.3 is 14.6 Å². The van der Waals surface area contributed by atoms with Crippen molar-refractivity contribution in [2.24, 2.45) is 0 Å². The van der Waals surface area contributed by atoms with E-state index in [9.17, 15) is 0 Å². The quantitative estimate of drug-likeness (QED) is 0.849. The van der Waals surface area contributed by atoms with Crippen molar-refractivity contribution in [1.29, 1.82) is 0 Å². The van der Waals surface area contributed by atoms with Crippen molar-refractivity contribution >= 4 is 0 Å². The number of nitrogens with zero attached hydrogens (tertiary/aromatic N) is 2. The molecule has 0 spiro atoms. The molecule has 94 valence electrons. The third-order valence-electron chi connectivity index (χ3n) is 3.63. The minimum Gasteiger partial charge on any atom is -0.366 e. The van der Waals surface area contributed by atoms with E-state index in [0.29, 0.717) is 18.4 Å². The molecule has 0 radical (unpaired) electrons. The van der Waals surface area contributed by atoms with Crippen molar-refractivity contribution in [2.45, 2.75) is 44.1 Å². The first-order valence-corrected chi connectivity index (χ1v) is 6.59. The van der Waals surface area contributed by atoms with Crippen molar-refractivity contribution in [3.8, 4) is 0 Å². The van der Waals surface area contributed by atoms with Crippen molar-refractivity contribution in [2.75, 3.05) is 19.7 Å². The van der Waals surface area contributed by atoms with Crippen molar-refractivity contribution < 1.29 is 9.26 Å². The number of aromatic nitrogens is 2. The standard InChI is InChI=1S/C12H19N3O2/c1-2-4-9(5-3-1)11-14-12(17-15-11)10-8-13-6-7-16-10/h9-10,13H,1-8H2. The van der Waals surface area contributed by atoms with Crippen LogP contribution in [0.4, 0.5) is 0 Å². The van der Waals surface area contributed by atoms with E-state index in [1.165, 1.54) is 32.1 Å². The predicted octanol–water partition coefficient (Wildman–Crippen LogP) is 1.78. The van der Waals surface area contributed by atoms with Gasteiger partial charge in [0.1, 0.15) is 6.10 Å². The molecule has 1 N–H and O–H groups in total. The summed E-state index contributed by atoms with van der Waals surface area (Å²) in [6.45, 7) is 2.39. The number of nitrogens with one attached hydrogen (secondary N) is 1. The molecule has 3 rings (SSSR count). The number of rotatable bonds is 2. The Hall–Kier alpha value is -0.940. The Labute approximate surface area is 101 Å². The summed E-state index contributed by atoms with van der Waals surface area (Å²) in [6.07, 6.45) is 6.25. The normalized spacial score (nSPS) is 27.2. The van der Waals surface area contributed by atoms with Crippen molar-refractivity contribution in [1.82, 2.24) is 15.5 Å². The van der Waals surface area contributed by atoms with E-state index >= 15 is 0 Å². The summed E-state index contributed by atoms with van der Waals surface area (Å²) < 4.78 is 10.9. The molecule has 5 nitrogen and oxygen atoms in total. The smallest absolute Gasteiger partial charge is 0.257 e. The lowest BCUT2D eigenvalue weighted by molar-refractivity contribution is 0.00755. The molecule has 2 heterocycles. The van der Waals surface area contributed by atoms with Gasteiger partial charge >= 0.3 is 0 Å². The zero-order valence-corrected chi connectivity index (χ0v) is 10.0. The maximum absolute atomic E-state index is 5.61. The molecular formula is C12H19N3O2. The summed E-state index contributed by atoms with van der Waals surface area (Å²) in [5.74, 6) is 2.02. The Kier molecular flexibility index (Phi) is 3.38. The highest BCUT2D eigenvalue weighted by atomic mass is 16.5. The molecule has 5 heteroatoms. The van der Waals surface area contributed by atoms with Crippen LogP contribution in [0.25, 0.3) is 0 Å². The molecule has 0 bridgehead atoms. The molecule has 1 unspecified atom stereocenters.